The van der Waals surface area contributed by atoms with Gasteiger partial charge in [-0.15, -0.1) is 0 Å². The van der Waals surface area contributed by atoms with Crippen molar-refractivity contribution in [3.63, 3.8) is 0 Å². The molecule has 0 radical (unpaired) electrons. The van der Waals surface area contributed by atoms with Crippen LogP contribution < -0.4 is 0 Å². The lowest BCUT2D eigenvalue weighted by Crippen LogP contribution is -2.31. The Morgan fingerprint density at radius 3 is 1.85 bits per heavy atom. The Bertz CT molecular complexity index is 404. The van der Waals surface area contributed by atoms with Crippen LogP contribution in [0.5, 0.6) is 0 Å². The number of nitriles is 1. The van der Waals surface area contributed by atoms with Crippen LogP contribution in [0.3, 0.4) is 0 Å². The van der Waals surface area contributed by atoms with Gasteiger partial charge >= 0.3 is 0 Å². The van der Waals surface area contributed by atoms with Crippen molar-refractivity contribution in [2.45, 2.75) is 136 Å². The fourth-order valence-electron chi connectivity index (χ4n) is 5.96. The van der Waals surface area contributed by atoms with Gasteiger partial charge in [0.05, 0.1) is 11.5 Å². The number of unbranched alkanes of at least 4 members (excludes halogenated alkanes) is 7. The van der Waals surface area contributed by atoms with Crippen LogP contribution in [-0.4, -0.2) is 0 Å². The van der Waals surface area contributed by atoms with E-state index in [1.807, 2.05) is 0 Å². The van der Waals surface area contributed by atoms with Gasteiger partial charge in [-0.3, -0.25) is 0 Å². The quantitative estimate of drug-likeness (QED) is 0.313. The van der Waals surface area contributed by atoms with E-state index in [2.05, 4.69) is 19.9 Å². The van der Waals surface area contributed by atoms with Gasteiger partial charge in [0, 0.05) is 0 Å². The summed E-state index contributed by atoms with van der Waals surface area (Å²) in [6.45, 7) is 4.58. The lowest BCUT2D eigenvalue weighted by atomic mass is 9.63. The van der Waals surface area contributed by atoms with Crippen LogP contribution in [0.25, 0.3) is 0 Å². The Hall–Kier alpha value is -0.510. The minimum Gasteiger partial charge on any atom is -0.198 e. The molecule has 2 aliphatic rings. The summed E-state index contributed by atoms with van der Waals surface area (Å²) in [4.78, 5) is 0. The first kappa shape index (κ1) is 22.8. The molecular formula is C26H47N. The molecule has 0 amide bonds. The van der Waals surface area contributed by atoms with E-state index >= 15 is 0 Å². The summed E-state index contributed by atoms with van der Waals surface area (Å²) in [5.41, 5.74) is 0.0409. The SMILES string of the molecule is CCCCCCC[C@]1(C#N)CC[C@@H](C2CCC(CCCCCC)CC2)CC1. The molecule has 0 heterocycles. The molecule has 0 aromatic heterocycles. The molecule has 1 heteroatoms. The largest absolute Gasteiger partial charge is 0.198 e. The van der Waals surface area contributed by atoms with Crippen molar-refractivity contribution in [3.05, 3.63) is 0 Å². The molecule has 0 atom stereocenters. The van der Waals surface area contributed by atoms with Crippen LogP contribution >= 0.6 is 0 Å². The summed E-state index contributed by atoms with van der Waals surface area (Å²) in [6, 6.07) is 2.77. The molecule has 0 aromatic carbocycles. The van der Waals surface area contributed by atoms with Gasteiger partial charge in [0.1, 0.15) is 0 Å². The average Bonchev–Trinajstić information content (AvgIpc) is 2.72. The van der Waals surface area contributed by atoms with Gasteiger partial charge in [0.2, 0.25) is 0 Å². The van der Waals surface area contributed by atoms with E-state index in [9.17, 15) is 5.26 Å². The van der Waals surface area contributed by atoms with Crippen LogP contribution in [0.4, 0.5) is 0 Å². The molecule has 0 unspecified atom stereocenters. The average molecular weight is 374 g/mol. The predicted octanol–water partition coefficient (Wildman–Crippen LogP) is 8.82. The zero-order chi connectivity index (χ0) is 19.4. The van der Waals surface area contributed by atoms with Gasteiger partial charge in [-0.2, -0.15) is 5.26 Å². The summed E-state index contributed by atoms with van der Waals surface area (Å²) in [7, 11) is 0. The fraction of sp³-hybridized carbons (Fsp3) is 0.962. The normalized spacial score (nSPS) is 31.5. The molecular weight excluding hydrogens is 326 g/mol. The third-order valence-corrected chi connectivity index (χ3v) is 8.01. The number of rotatable bonds is 12. The molecule has 27 heavy (non-hydrogen) atoms. The van der Waals surface area contributed by atoms with Crippen molar-refractivity contribution in [3.8, 4) is 6.07 Å². The zero-order valence-electron chi connectivity index (χ0n) is 18.6. The van der Waals surface area contributed by atoms with Crippen LogP contribution in [0, 0.1) is 34.5 Å². The maximum absolute atomic E-state index is 9.85. The van der Waals surface area contributed by atoms with Crippen molar-refractivity contribution in [2.75, 3.05) is 0 Å². The molecule has 0 aliphatic heterocycles. The Balaban J connectivity index is 1.64. The molecule has 1 nitrogen and oxygen atoms in total. The lowest BCUT2D eigenvalue weighted by Gasteiger charge is -2.41. The van der Waals surface area contributed by atoms with E-state index in [0.717, 1.165) is 17.8 Å². The molecule has 0 bridgehead atoms. The number of hydrogen-bond donors (Lipinski definition) is 0. The Labute approximate surface area is 170 Å². The molecule has 2 aliphatic carbocycles. The van der Waals surface area contributed by atoms with E-state index in [4.69, 9.17) is 0 Å². The lowest BCUT2D eigenvalue weighted by molar-refractivity contribution is 0.114. The predicted molar refractivity (Wildman–Crippen MR) is 118 cm³/mol. The summed E-state index contributed by atoms with van der Waals surface area (Å²) >= 11 is 0. The maximum atomic E-state index is 9.85. The van der Waals surface area contributed by atoms with Crippen molar-refractivity contribution in [1.82, 2.24) is 0 Å². The third kappa shape index (κ3) is 7.79. The monoisotopic (exact) mass is 373 g/mol. The topological polar surface area (TPSA) is 23.8 Å². The molecule has 2 fully saturated rings. The summed E-state index contributed by atoms with van der Waals surface area (Å²) in [5.74, 6) is 2.95. The Morgan fingerprint density at radius 1 is 0.704 bits per heavy atom. The van der Waals surface area contributed by atoms with Crippen molar-refractivity contribution in [2.24, 2.45) is 23.2 Å². The highest BCUT2D eigenvalue weighted by Crippen LogP contribution is 2.47. The first-order valence-electron chi connectivity index (χ1n) is 12.6. The van der Waals surface area contributed by atoms with Crippen LogP contribution in [0.2, 0.25) is 0 Å². The highest BCUT2D eigenvalue weighted by Gasteiger charge is 2.38. The molecule has 156 valence electrons. The molecule has 0 N–H and O–H groups in total. The molecule has 0 aromatic rings. The summed E-state index contributed by atoms with van der Waals surface area (Å²) in [6.07, 6.45) is 26.1. The second-order valence-corrected chi connectivity index (χ2v) is 10.0. The van der Waals surface area contributed by atoms with Crippen LogP contribution in [0.1, 0.15) is 136 Å². The molecule has 2 saturated carbocycles. The fourth-order valence-corrected chi connectivity index (χ4v) is 5.96. The van der Waals surface area contributed by atoms with Crippen molar-refractivity contribution in [1.29, 1.82) is 5.26 Å². The van der Waals surface area contributed by atoms with Gasteiger partial charge in [0.15, 0.2) is 0 Å². The third-order valence-electron chi connectivity index (χ3n) is 8.01. The van der Waals surface area contributed by atoms with Gasteiger partial charge in [-0.1, -0.05) is 90.9 Å². The van der Waals surface area contributed by atoms with E-state index in [1.54, 1.807) is 0 Å². The standard InChI is InChI=1S/C26H47N/c1-3-5-7-9-11-19-26(22-27)20-17-25(18-21-26)24-15-13-23(14-16-24)12-10-8-6-4-2/h23-25H,3-21H2,1-2H3/t23?,24?,25-,26+. The number of hydrogen-bond acceptors (Lipinski definition) is 1. The number of nitrogens with zero attached hydrogens (tertiary/aromatic N) is 1. The van der Waals surface area contributed by atoms with Gasteiger partial charge in [-0.05, 0) is 62.7 Å². The Morgan fingerprint density at radius 2 is 1.26 bits per heavy atom. The Kier molecular flexibility index (Phi) is 10.8. The highest BCUT2D eigenvalue weighted by atomic mass is 14.4. The van der Waals surface area contributed by atoms with E-state index in [-0.39, 0.29) is 5.41 Å². The minimum absolute atomic E-state index is 0.0409. The van der Waals surface area contributed by atoms with Gasteiger partial charge < -0.3 is 0 Å². The zero-order valence-corrected chi connectivity index (χ0v) is 18.6. The van der Waals surface area contributed by atoms with Crippen molar-refractivity contribution < 1.29 is 0 Å². The van der Waals surface area contributed by atoms with Gasteiger partial charge in [0.25, 0.3) is 0 Å². The molecule has 2 rings (SSSR count). The van der Waals surface area contributed by atoms with Crippen LogP contribution in [-0.2, 0) is 0 Å². The van der Waals surface area contributed by atoms with E-state index in [1.165, 1.54) is 122 Å². The van der Waals surface area contributed by atoms with E-state index in [0.29, 0.717) is 0 Å². The molecule has 0 spiro atoms. The highest BCUT2D eigenvalue weighted by molar-refractivity contribution is 5.02. The molecule has 0 saturated heterocycles. The smallest absolute Gasteiger partial charge is 0.0689 e. The second kappa shape index (κ2) is 12.9. The van der Waals surface area contributed by atoms with E-state index < -0.39 is 0 Å². The second-order valence-electron chi connectivity index (χ2n) is 10.0. The van der Waals surface area contributed by atoms with Crippen LogP contribution in [0.15, 0.2) is 0 Å². The maximum Gasteiger partial charge on any atom is 0.0689 e. The van der Waals surface area contributed by atoms with Gasteiger partial charge in [-0.25, -0.2) is 0 Å². The first-order chi connectivity index (χ1) is 13.2. The first-order valence-corrected chi connectivity index (χ1v) is 12.6. The summed E-state index contributed by atoms with van der Waals surface area (Å²) < 4.78 is 0. The summed E-state index contributed by atoms with van der Waals surface area (Å²) in [5, 5.41) is 9.85. The van der Waals surface area contributed by atoms with Crippen molar-refractivity contribution >= 4 is 0 Å². The minimum atomic E-state index is 0.0409.